The molecule has 0 saturated carbocycles. The van der Waals surface area contributed by atoms with Gasteiger partial charge in [-0.3, -0.25) is 0 Å². The molecular weight excluding hydrogens is 272 g/mol. The van der Waals surface area contributed by atoms with E-state index in [1.165, 1.54) is 4.90 Å². The summed E-state index contributed by atoms with van der Waals surface area (Å²) in [7, 11) is -3.32. The average molecular weight is 297 g/mol. The molecule has 0 aromatic heterocycles. The van der Waals surface area contributed by atoms with E-state index in [2.05, 4.69) is 6.92 Å². The molecule has 0 unspecified atom stereocenters. The van der Waals surface area contributed by atoms with Gasteiger partial charge in [-0.25, -0.2) is 8.42 Å². The molecular formula is C15H25N2O2S+. The van der Waals surface area contributed by atoms with Gasteiger partial charge in [0.25, 0.3) is 0 Å². The summed E-state index contributed by atoms with van der Waals surface area (Å²) >= 11 is 0. The standard InChI is InChI=1S/C15H24N2O2S/c1-4-7-16-8-10-17(11-9-16)20(18,19)15-6-5-13(2)14(3)12-15/h5-6,12H,4,7-11H2,1-3H3/p+1. The first-order chi connectivity index (χ1) is 9.45. The lowest BCUT2D eigenvalue weighted by atomic mass is 10.1. The maximum absolute atomic E-state index is 12.6. The number of piperazine rings is 1. The number of sulfonamides is 1. The first kappa shape index (κ1) is 15.5. The SMILES string of the molecule is CCC[NH+]1CCN(S(=O)(=O)c2ccc(C)c(C)c2)CC1. The quantitative estimate of drug-likeness (QED) is 0.884. The average Bonchev–Trinajstić information content (AvgIpc) is 2.43. The molecule has 1 aliphatic heterocycles. The highest BCUT2D eigenvalue weighted by Gasteiger charge is 2.30. The Morgan fingerprint density at radius 1 is 1.15 bits per heavy atom. The summed E-state index contributed by atoms with van der Waals surface area (Å²) in [4.78, 5) is 1.94. The molecule has 1 N–H and O–H groups in total. The Balaban J connectivity index is 2.13. The molecule has 1 saturated heterocycles. The minimum atomic E-state index is -3.32. The summed E-state index contributed by atoms with van der Waals surface area (Å²) in [5.41, 5.74) is 2.16. The van der Waals surface area contributed by atoms with Gasteiger partial charge in [-0.15, -0.1) is 0 Å². The van der Waals surface area contributed by atoms with Crippen LogP contribution < -0.4 is 4.90 Å². The molecule has 1 aromatic carbocycles. The fraction of sp³-hybridized carbons (Fsp3) is 0.600. The lowest BCUT2D eigenvalue weighted by Crippen LogP contribution is -3.14. The van der Waals surface area contributed by atoms with Gasteiger partial charge in [0, 0.05) is 0 Å². The van der Waals surface area contributed by atoms with Crippen molar-refractivity contribution in [3.05, 3.63) is 29.3 Å². The van der Waals surface area contributed by atoms with Gasteiger partial charge in [0.15, 0.2) is 0 Å². The first-order valence-corrected chi connectivity index (χ1v) is 8.80. The molecule has 1 aromatic rings. The van der Waals surface area contributed by atoms with Crippen LogP contribution in [0.2, 0.25) is 0 Å². The fourth-order valence-corrected chi connectivity index (χ4v) is 4.20. The summed E-state index contributed by atoms with van der Waals surface area (Å²) in [6.45, 7) is 10.4. The van der Waals surface area contributed by atoms with Crippen LogP contribution in [-0.4, -0.2) is 45.4 Å². The summed E-state index contributed by atoms with van der Waals surface area (Å²) < 4.78 is 26.9. The van der Waals surface area contributed by atoms with E-state index < -0.39 is 10.0 Å². The van der Waals surface area contributed by atoms with E-state index in [0.717, 1.165) is 37.2 Å². The molecule has 1 aliphatic rings. The Bertz CT molecular complexity index is 561. The van der Waals surface area contributed by atoms with Crippen molar-refractivity contribution in [2.75, 3.05) is 32.7 Å². The number of benzene rings is 1. The molecule has 0 aliphatic carbocycles. The number of aryl methyl sites for hydroxylation is 2. The number of quaternary nitrogens is 1. The van der Waals surface area contributed by atoms with E-state index in [1.807, 2.05) is 19.9 Å². The van der Waals surface area contributed by atoms with Gasteiger partial charge in [-0.05, 0) is 43.5 Å². The van der Waals surface area contributed by atoms with Crippen molar-refractivity contribution in [2.45, 2.75) is 32.1 Å². The molecule has 2 rings (SSSR count). The second-order valence-electron chi connectivity index (χ2n) is 5.65. The normalized spacial score (nSPS) is 18.4. The molecule has 0 atom stereocenters. The lowest BCUT2D eigenvalue weighted by molar-refractivity contribution is -0.903. The Morgan fingerprint density at radius 3 is 2.35 bits per heavy atom. The van der Waals surface area contributed by atoms with Crippen LogP contribution in [0.25, 0.3) is 0 Å². The topological polar surface area (TPSA) is 41.8 Å². The first-order valence-electron chi connectivity index (χ1n) is 7.36. The second-order valence-corrected chi connectivity index (χ2v) is 7.59. The van der Waals surface area contributed by atoms with E-state index in [-0.39, 0.29) is 0 Å². The van der Waals surface area contributed by atoms with Crippen molar-refractivity contribution in [2.24, 2.45) is 0 Å². The smallest absolute Gasteiger partial charge is 0.243 e. The van der Waals surface area contributed by atoms with Gasteiger partial charge in [-0.2, -0.15) is 4.31 Å². The molecule has 1 heterocycles. The number of hydrogen-bond acceptors (Lipinski definition) is 2. The van der Waals surface area contributed by atoms with E-state index >= 15 is 0 Å². The molecule has 4 nitrogen and oxygen atoms in total. The van der Waals surface area contributed by atoms with Crippen LogP contribution in [0.5, 0.6) is 0 Å². The van der Waals surface area contributed by atoms with Crippen LogP contribution in [0, 0.1) is 13.8 Å². The van der Waals surface area contributed by atoms with Gasteiger partial charge in [-0.1, -0.05) is 13.0 Å². The van der Waals surface area contributed by atoms with Gasteiger partial charge < -0.3 is 4.90 Å². The summed E-state index contributed by atoms with van der Waals surface area (Å²) in [5, 5.41) is 0. The largest absolute Gasteiger partial charge is 0.333 e. The van der Waals surface area contributed by atoms with E-state index in [0.29, 0.717) is 18.0 Å². The molecule has 112 valence electrons. The third kappa shape index (κ3) is 3.22. The molecule has 0 radical (unpaired) electrons. The fourth-order valence-electron chi connectivity index (χ4n) is 2.67. The number of nitrogens with one attached hydrogen (secondary N) is 1. The van der Waals surface area contributed by atoms with Crippen molar-refractivity contribution in [3.63, 3.8) is 0 Å². The molecule has 20 heavy (non-hydrogen) atoms. The minimum Gasteiger partial charge on any atom is -0.333 e. The van der Waals surface area contributed by atoms with Gasteiger partial charge >= 0.3 is 0 Å². The monoisotopic (exact) mass is 297 g/mol. The zero-order valence-electron chi connectivity index (χ0n) is 12.6. The predicted octanol–water partition coefficient (Wildman–Crippen LogP) is 0.603. The van der Waals surface area contributed by atoms with Crippen molar-refractivity contribution in [1.29, 1.82) is 0 Å². The molecule has 1 fully saturated rings. The van der Waals surface area contributed by atoms with Crippen LogP contribution in [0.15, 0.2) is 23.1 Å². The molecule has 0 amide bonds. The van der Waals surface area contributed by atoms with Crippen LogP contribution >= 0.6 is 0 Å². The molecule has 0 bridgehead atoms. The predicted molar refractivity (Wildman–Crippen MR) is 80.5 cm³/mol. The van der Waals surface area contributed by atoms with Gasteiger partial charge in [0.2, 0.25) is 10.0 Å². The highest BCUT2D eigenvalue weighted by Crippen LogP contribution is 2.19. The van der Waals surface area contributed by atoms with Gasteiger partial charge in [0.1, 0.15) is 0 Å². The Labute approximate surface area is 122 Å². The zero-order chi connectivity index (χ0) is 14.8. The zero-order valence-corrected chi connectivity index (χ0v) is 13.5. The second kappa shape index (κ2) is 6.24. The Morgan fingerprint density at radius 2 is 1.80 bits per heavy atom. The van der Waals surface area contributed by atoms with E-state index in [1.54, 1.807) is 16.4 Å². The van der Waals surface area contributed by atoms with Crippen molar-refractivity contribution in [1.82, 2.24) is 4.31 Å². The minimum absolute atomic E-state index is 0.430. The van der Waals surface area contributed by atoms with Crippen LogP contribution in [0.3, 0.4) is 0 Å². The molecule has 5 heteroatoms. The van der Waals surface area contributed by atoms with Crippen LogP contribution in [-0.2, 0) is 10.0 Å². The third-order valence-electron chi connectivity index (χ3n) is 4.15. The number of nitrogens with zero attached hydrogens (tertiary/aromatic N) is 1. The summed E-state index contributed by atoms with van der Waals surface area (Å²) in [5.74, 6) is 0. The third-order valence-corrected chi connectivity index (χ3v) is 6.04. The van der Waals surface area contributed by atoms with Crippen molar-refractivity contribution < 1.29 is 13.3 Å². The van der Waals surface area contributed by atoms with Crippen LogP contribution in [0.1, 0.15) is 24.5 Å². The van der Waals surface area contributed by atoms with E-state index in [4.69, 9.17) is 0 Å². The number of hydrogen-bond donors (Lipinski definition) is 1. The lowest BCUT2D eigenvalue weighted by Gasteiger charge is -2.31. The molecule has 0 spiro atoms. The van der Waals surface area contributed by atoms with Gasteiger partial charge in [0.05, 0.1) is 37.6 Å². The Hall–Kier alpha value is -0.910. The highest BCUT2D eigenvalue weighted by atomic mass is 32.2. The van der Waals surface area contributed by atoms with Crippen LogP contribution in [0.4, 0.5) is 0 Å². The summed E-state index contributed by atoms with van der Waals surface area (Å²) in [6.07, 6.45) is 1.15. The highest BCUT2D eigenvalue weighted by molar-refractivity contribution is 7.89. The van der Waals surface area contributed by atoms with E-state index in [9.17, 15) is 8.42 Å². The number of rotatable bonds is 4. The van der Waals surface area contributed by atoms with Crippen molar-refractivity contribution >= 4 is 10.0 Å². The Kier molecular flexibility index (Phi) is 4.83. The van der Waals surface area contributed by atoms with Crippen molar-refractivity contribution in [3.8, 4) is 0 Å². The summed E-state index contributed by atoms with van der Waals surface area (Å²) in [6, 6.07) is 5.40. The maximum Gasteiger partial charge on any atom is 0.243 e. The maximum atomic E-state index is 12.6.